The number of rotatable bonds is 10. The first-order valence-electron chi connectivity index (χ1n) is 7.95. The largest absolute Gasteiger partial charge is 0.489 e. The van der Waals surface area contributed by atoms with Crippen molar-refractivity contribution in [2.75, 3.05) is 13.2 Å². The molecule has 0 spiro atoms. The summed E-state index contributed by atoms with van der Waals surface area (Å²) in [5.41, 5.74) is 1.50. The van der Waals surface area contributed by atoms with E-state index in [1.54, 1.807) is 12.1 Å². The van der Waals surface area contributed by atoms with Gasteiger partial charge in [0.25, 0.3) is 0 Å². The van der Waals surface area contributed by atoms with Gasteiger partial charge in [0.1, 0.15) is 34.6 Å². The third-order valence-electron chi connectivity index (χ3n) is 3.18. The number of oxime groups is 1. The van der Waals surface area contributed by atoms with E-state index in [1.807, 2.05) is 12.1 Å². The Kier molecular flexibility index (Phi) is 10.4. The second kappa shape index (κ2) is 12.5. The van der Waals surface area contributed by atoms with Crippen LogP contribution in [0.15, 0.2) is 50.6 Å². The first-order chi connectivity index (χ1) is 13.8. The predicted molar refractivity (Wildman–Crippen MR) is 120 cm³/mol. The van der Waals surface area contributed by atoms with Gasteiger partial charge in [0, 0.05) is 12.1 Å². The van der Waals surface area contributed by atoms with E-state index >= 15 is 0 Å². The van der Waals surface area contributed by atoms with Gasteiger partial charge in [0.05, 0.1) is 27.6 Å². The molecule has 1 N–H and O–H groups in total. The summed E-state index contributed by atoms with van der Waals surface area (Å²) in [4.78, 5) is 8.09. The summed E-state index contributed by atoms with van der Waals surface area (Å²) in [5, 5.41) is 4.40. The minimum atomic E-state index is 0.112. The van der Waals surface area contributed by atoms with Crippen molar-refractivity contribution < 1.29 is 14.3 Å². The van der Waals surface area contributed by atoms with E-state index in [4.69, 9.17) is 83.9 Å². The lowest BCUT2D eigenvalue weighted by Crippen LogP contribution is -1.99. The normalized spacial score (nSPS) is 10.7. The number of ether oxygens (including phenoxy) is 2. The Bertz CT molecular complexity index is 880. The fourth-order valence-corrected chi connectivity index (χ4v) is 2.79. The fraction of sp³-hybridized carbons (Fsp3) is 0.167. The zero-order valence-corrected chi connectivity index (χ0v) is 19.1. The maximum absolute atomic E-state index is 6.24. The van der Waals surface area contributed by atoms with Gasteiger partial charge in [-0.05, 0) is 24.3 Å². The van der Waals surface area contributed by atoms with Crippen molar-refractivity contribution in [3.63, 3.8) is 0 Å². The Morgan fingerprint density at radius 1 is 0.931 bits per heavy atom. The van der Waals surface area contributed by atoms with Crippen LogP contribution >= 0.6 is 69.6 Å². The number of nitrogens with one attached hydrogen (secondary N) is 1. The molecule has 1 aromatic heterocycles. The van der Waals surface area contributed by atoms with E-state index in [1.165, 1.54) is 18.4 Å². The van der Waals surface area contributed by atoms with Crippen LogP contribution in [-0.4, -0.2) is 24.4 Å². The molecular weight excluding hydrogens is 505 g/mol. The van der Waals surface area contributed by atoms with Crippen LogP contribution < -0.4 is 9.47 Å². The molecule has 1 aromatic carbocycles. The highest BCUT2D eigenvalue weighted by Crippen LogP contribution is 2.37. The van der Waals surface area contributed by atoms with Crippen LogP contribution in [0.4, 0.5) is 0 Å². The van der Waals surface area contributed by atoms with Gasteiger partial charge in [0.2, 0.25) is 0 Å². The van der Waals surface area contributed by atoms with Crippen molar-refractivity contribution in [1.29, 1.82) is 0 Å². The van der Waals surface area contributed by atoms with Crippen molar-refractivity contribution in [3.8, 4) is 11.5 Å². The number of H-pyrrole nitrogens is 1. The summed E-state index contributed by atoms with van der Waals surface area (Å²) in [6.07, 6.45) is 4.48. The molecule has 0 aliphatic heterocycles. The highest BCUT2D eigenvalue weighted by atomic mass is 35.5. The molecule has 1 heterocycles. The monoisotopic (exact) mass is 516 g/mol. The molecular formula is C18H14Cl6N2O3. The molecule has 11 heteroatoms. The van der Waals surface area contributed by atoms with Gasteiger partial charge in [-0.3, -0.25) is 0 Å². The zero-order chi connectivity index (χ0) is 21.2. The molecule has 0 fully saturated rings. The van der Waals surface area contributed by atoms with Crippen LogP contribution in [0.25, 0.3) is 0 Å². The summed E-state index contributed by atoms with van der Waals surface area (Å²) in [6.45, 7) is 0.561. The van der Waals surface area contributed by atoms with Crippen LogP contribution in [0.2, 0.25) is 10.0 Å². The highest BCUT2D eigenvalue weighted by molar-refractivity contribution is 6.56. The maximum atomic E-state index is 6.24. The van der Waals surface area contributed by atoms with Gasteiger partial charge < -0.3 is 19.3 Å². The average Bonchev–Trinajstić information content (AvgIpc) is 3.08. The quantitative estimate of drug-likeness (QED) is 0.204. The minimum Gasteiger partial charge on any atom is -0.489 e. The molecule has 0 bridgehead atoms. The van der Waals surface area contributed by atoms with Crippen molar-refractivity contribution in [1.82, 2.24) is 4.98 Å². The Morgan fingerprint density at radius 3 is 2.24 bits per heavy atom. The van der Waals surface area contributed by atoms with E-state index < -0.39 is 0 Å². The van der Waals surface area contributed by atoms with Crippen molar-refractivity contribution in [3.05, 3.63) is 66.8 Å². The first-order valence-corrected chi connectivity index (χ1v) is 10.2. The van der Waals surface area contributed by atoms with Crippen LogP contribution in [0.5, 0.6) is 11.5 Å². The third-order valence-corrected chi connectivity index (χ3v) is 4.36. The number of hydrogen-bond acceptors (Lipinski definition) is 4. The van der Waals surface area contributed by atoms with Crippen LogP contribution in [0.1, 0.15) is 11.4 Å². The SMILES string of the molecule is ClC(Cl)=CCO/N=C/c1ccc(COc2c(Cl)cc(OCC=C(Cl)Cl)cc2Cl)[nH]1. The van der Waals surface area contributed by atoms with Gasteiger partial charge in [-0.25, -0.2) is 0 Å². The number of halogens is 6. The number of aromatic nitrogens is 1. The van der Waals surface area contributed by atoms with Crippen LogP contribution in [0, 0.1) is 0 Å². The Hall–Kier alpha value is -1.21. The van der Waals surface area contributed by atoms with Crippen LogP contribution in [0.3, 0.4) is 0 Å². The second-order valence-electron chi connectivity index (χ2n) is 5.27. The van der Waals surface area contributed by atoms with Gasteiger partial charge >= 0.3 is 0 Å². The Labute approximate surface area is 197 Å². The standard InChI is InChI=1S/C18H14Cl6N2O3/c19-14-7-13(27-5-3-16(21)22)8-15(20)18(14)28-10-12-2-1-11(26-12)9-25-29-6-4-17(23)24/h1-4,7-9,26H,5-6,10H2/b25-9+. The van der Waals surface area contributed by atoms with E-state index in [-0.39, 0.29) is 28.8 Å². The zero-order valence-electron chi connectivity index (χ0n) is 14.6. The van der Waals surface area contributed by atoms with E-state index in [0.29, 0.717) is 21.5 Å². The van der Waals surface area contributed by atoms with Crippen molar-refractivity contribution in [2.24, 2.45) is 5.16 Å². The lowest BCUT2D eigenvalue weighted by molar-refractivity contribution is 0.176. The molecule has 29 heavy (non-hydrogen) atoms. The molecule has 156 valence electrons. The molecule has 0 radical (unpaired) electrons. The third kappa shape index (κ3) is 8.99. The lowest BCUT2D eigenvalue weighted by atomic mass is 10.3. The van der Waals surface area contributed by atoms with E-state index in [9.17, 15) is 0 Å². The Morgan fingerprint density at radius 2 is 1.59 bits per heavy atom. The number of benzene rings is 1. The minimum absolute atomic E-state index is 0.112. The van der Waals surface area contributed by atoms with Gasteiger partial charge in [-0.15, -0.1) is 0 Å². The molecule has 0 saturated heterocycles. The lowest BCUT2D eigenvalue weighted by Gasteiger charge is -2.11. The molecule has 2 rings (SSSR count). The predicted octanol–water partition coefficient (Wildman–Crippen LogP) is 7.27. The molecule has 5 nitrogen and oxygen atoms in total. The summed E-state index contributed by atoms with van der Waals surface area (Å²) in [6, 6.07) is 6.82. The highest BCUT2D eigenvalue weighted by Gasteiger charge is 2.11. The second-order valence-corrected chi connectivity index (χ2v) is 8.10. The summed E-state index contributed by atoms with van der Waals surface area (Å²) < 4.78 is 11.4. The van der Waals surface area contributed by atoms with Crippen molar-refractivity contribution >= 4 is 75.8 Å². The molecule has 0 amide bonds. The van der Waals surface area contributed by atoms with E-state index in [0.717, 1.165) is 11.4 Å². The van der Waals surface area contributed by atoms with E-state index in [2.05, 4.69) is 10.1 Å². The number of hydrogen-bond donors (Lipinski definition) is 1. The van der Waals surface area contributed by atoms with Crippen LogP contribution in [-0.2, 0) is 11.4 Å². The summed E-state index contributed by atoms with van der Waals surface area (Å²) in [7, 11) is 0. The average molecular weight is 519 g/mol. The summed E-state index contributed by atoms with van der Waals surface area (Å²) >= 11 is 34.5. The number of aromatic amines is 1. The Balaban J connectivity index is 1.91. The maximum Gasteiger partial charge on any atom is 0.157 e. The molecule has 0 aliphatic carbocycles. The summed E-state index contributed by atoms with van der Waals surface area (Å²) in [5.74, 6) is 0.798. The first kappa shape index (κ1) is 24.1. The fourth-order valence-electron chi connectivity index (χ4n) is 1.96. The molecule has 2 aromatic rings. The molecule has 0 atom stereocenters. The topological polar surface area (TPSA) is 55.8 Å². The van der Waals surface area contributed by atoms with Gasteiger partial charge in [-0.2, -0.15) is 0 Å². The van der Waals surface area contributed by atoms with Crippen molar-refractivity contribution in [2.45, 2.75) is 6.61 Å². The molecule has 0 saturated carbocycles. The van der Waals surface area contributed by atoms with Gasteiger partial charge in [0.15, 0.2) is 5.75 Å². The van der Waals surface area contributed by atoms with Gasteiger partial charge in [-0.1, -0.05) is 74.8 Å². The smallest absolute Gasteiger partial charge is 0.157 e. The number of nitrogens with zero attached hydrogens (tertiary/aromatic N) is 1. The molecule has 0 unspecified atom stereocenters. The molecule has 0 aliphatic rings.